The van der Waals surface area contributed by atoms with E-state index in [-0.39, 0.29) is 18.6 Å². The lowest BCUT2D eigenvalue weighted by Crippen LogP contribution is -2.31. The predicted octanol–water partition coefficient (Wildman–Crippen LogP) is 1.53. The molecule has 0 bridgehead atoms. The number of benzene rings is 1. The van der Waals surface area contributed by atoms with Gasteiger partial charge in [0.1, 0.15) is 5.75 Å². The minimum atomic E-state index is -0.327. The van der Waals surface area contributed by atoms with E-state index in [1.165, 1.54) is 0 Å². The summed E-state index contributed by atoms with van der Waals surface area (Å²) in [6.45, 7) is 3.67. The molecule has 2 aromatic rings. The Morgan fingerprint density at radius 3 is 3.00 bits per heavy atom. The number of tetrazole rings is 1. The van der Waals surface area contributed by atoms with Crippen LogP contribution in [0.5, 0.6) is 5.75 Å². The number of halogens is 1. The van der Waals surface area contributed by atoms with Gasteiger partial charge in [0.05, 0.1) is 10.5 Å². The van der Waals surface area contributed by atoms with Gasteiger partial charge in [-0.1, -0.05) is 11.3 Å². The number of hydrogen-bond donors (Lipinski definition) is 2. The van der Waals surface area contributed by atoms with Crippen molar-refractivity contribution in [2.24, 2.45) is 0 Å². The molecule has 1 atom stereocenters. The SMILES string of the molecule is Cc1ccc(OCC(=O)NC(C)c2nn[nH]n2)c(Br)c1. The average molecular weight is 340 g/mol. The molecule has 106 valence electrons. The van der Waals surface area contributed by atoms with Gasteiger partial charge in [-0.3, -0.25) is 4.79 Å². The molecule has 0 aliphatic heterocycles. The predicted molar refractivity (Wildman–Crippen MR) is 75.1 cm³/mol. The van der Waals surface area contributed by atoms with E-state index in [2.05, 4.69) is 41.9 Å². The van der Waals surface area contributed by atoms with E-state index in [1.54, 1.807) is 6.92 Å². The van der Waals surface area contributed by atoms with Gasteiger partial charge in [0.25, 0.3) is 5.91 Å². The van der Waals surface area contributed by atoms with Crippen molar-refractivity contribution in [1.82, 2.24) is 25.9 Å². The molecule has 8 heteroatoms. The van der Waals surface area contributed by atoms with E-state index in [1.807, 2.05) is 25.1 Å². The standard InChI is InChI=1S/C12H14BrN5O2/c1-7-3-4-10(9(13)5-7)20-6-11(19)14-8(2)12-15-17-18-16-12/h3-5,8H,6H2,1-2H3,(H,14,19)(H,15,16,17,18). The molecule has 1 amide bonds. The second kappa shape index (κ2) is 6.47. The first-order valence-corrected chi connectivity index (χ1v) is 6.77. The van der Waals surface area contributed by atoms with Gasteiger partial charge in [0, 0.05) is 0 Å². The van der Waals surface area contributed by atoms with Gasteiger partial charge < -0.3 is 10.1 Å². The average Bonchev–Trinajstić information content (AvgIpc) is 2.91. The van der Waals surface area contributed by atoms with E-state index >= 15 is 0 Å². The zero-order chi connectivity index (χ0) is 14.5. The number of nitrogens with one attached hydrogen (secondary N) is 2. The first-order chi connectivity index (χ1) is 9.56. The molecule has 0 spiro atoms. The van der Waals surface area contributed by atoms with Crippen LogP contribution in [0.3, 0.4) is 0 Å². The first-order valence-electron chi connectivity index (χ1n) is 5.98. The van der Waals surface area contributed by atoms with Crippen molar-refractivity contribution in [1.29, 1.82) is 0 Å². The minimum absolute atomic E-state index is 0.0795. The number of carbonyl (C=O) groups is 1. The third kappa shape index (κ3) is 3.77. The Kier molecular flexibility index (Phi) is 4.67. The zero-order valence-corrected chi connectivity index (χ0v) is 12.6. The van der Waals surface area contributed by atoms with E-state index in [0.717, 1.165) is 10.0 Å². The Hall–Kier alpha value is -1.96. The number of ether oxygens (including phenoxy) is 1. The van der Waals surface area contributed by atoms with Gasteiger partial charge >= 0.3 is 0 Å². The van der Waals surface area contributed by atoms with Crippen molar-refractivity contribution < 1.29 is 9.53 Å². The van der Waals surface area contributed by atoms with Crippen LogP contribution in [0, 0.1) is 6.92 Å². The molecule has 0 fully saturated rings. The van der Waals surface area contributed by atoms with Gasteiger partial charge in [0.15, 0.2) is 12.4 Å². The second-order valence-electron chi connectivity index (χ2n) is 4.28. The zero-order valence-electron chi connectivity index (χ0n) is 11.1. The fourth-order valence-corrected chi connectivity index (χ4v) is 2.17. The van der Waals surface area contributed by atoms with Crippen molar-refractivity contribution >= 4 is 21.8 Å². The molecular formula is C12H14BrN5O2. The lowest BCUT2D eigenvalue weighted by molar-refractivity contribution is -0.123. The Balaban J connectivity index is 1.86. The summed E-state index contributed by atoms with van der Waals surface area (Å²) >= 11 is 3.39. The maximum absolute atomic E-state index is 11.8. The van der Waals surface area contributed by atoms with Crippen molar-refractivity contribution in [3.8, 4) is 5.75 Å². The number of rotatable bonds is 5. The van der Waals surface area contributed by atoms with Gasteiger partial charge in [-0.25, -0.2) is 0 Å². The van der Waals surface area contributed by atoms with Crippen LogP contribution in [0.2, 0.25) is 0 Å². The number of hydrogen-bond acceptors (Lipinski definition) is 5. The van der Waals surface area contributed by atoms with Crippen LogP contribution in [0.25, 0.3) is 0 Å². The third-order valence-corrected chi connectivity index (χ3v) is 3.19. The molecular weight excluding hydrogens is 326 g/mol. The van der Waals surface area contributed by atoms with Gasteiger partial charge in [-0.05, 0) is 47.5 Å². The van der Waals surface area contributed by atoms with Crippen LogP contribution in [0.1, 0.15) is 24.4 Å². The lowest BCUT2D eigenvalue weighted by Gasteiger charge is -2.12. The van der Waals surface area contributed by atoms with Crippen LogP contribution in [-0.2, 0) is 4.79 Å². The number of H-pyrrole nitrogens is 1. The Bertz CT molecular complexity index is 588. The van der Waals surface area contributed by atoms with Crippen LogP contribution in [0.15, 0.2) is 22.7 Å². The highest BCUT2D eigenvalue weighted by molar-refractivity contribution is 9.10. The van der Waals surface area contributed by atoms with Crippen LogP contribution in [-0.4, -0.2) is 33.1 Å². The van der Waals surface area contributed by atoms with E-state index in [4.69, 9.17) is 4.74 Å². The normalized spacial score (nSPS) is 11.9. The number of aromatic nitrogens is 4. The van der Waals surface area contributed by atoms with Crippen molar-refractivity contribution in [2.75, 3.05) is 6.61 Å². The lowest BCUT2D eigenvalue weighted by atomic mass is 10.2. The summed E-state index contributed by atoms with van der Waals surface area (Å²) in [5.74, 6) is 0.794. The number of aromatic amines is 1. The molecule has 1 aromatic carbocycles. The van der Waals surface area contributed by atoms with E-state index < -0.39 is 0 Å². The second-order valence-corrected chi connectivity index (χ2v) is 5.14. The van der Waals surface area contributed by atoms with Gasteiger partial charge in [-0.15, -0.1) is 10.2 Å². The van der Waals surface area contributed by atoms with Crippen molar-refractivity contribution in [3.63, 3.8) is 0 Å². The van der Waals surface area contributed by atoms with Crippen molar-refractivity contribution in [3.05, 3.63) is 34.1 Å². The maximum Gasteiger partial charge on any atom is 0.258 e. The number of carbonyl (C=O) groups excluding carboxylic acids is 1. The summed E-state index contributed by atoms with van der Waals surface area (Å²) in [6.07, 6.45) is 0. The maximum atomic E-state index is 11.8. The van der Waals surface area contributed by atoms with E-state index in [9.17, 15) is 4.79 Å². The molecule has 0 saturated heterocycles. The summed E-state index contributed by atoms with van der Waals surface area (Å²) in [5.41, 5.74) is 1.11. The summed E-state index contributed by atoms with van der Waals surface area (Å²) < 4.78 is 6.26. The highest BCUT2D eigenvalue weighted by Gasteiger charge is 2.14. The number of aryl methyl sites for hydroxylation is 1. The molecule has 1 unspecified atom stereocenters. The Morgan fingerprint density at radius 2 is 2.35 bits per heavy atom. The molecule has 0 saturated carbocycles. The van der Waals surface area contributed by atoms with E-state index in [0.29, 0.717) is 11.6 Å². The quantitative estimate of drug-likeness (QED) is 0.861. The largest absolute Gasteiger partial charge is 0.483 e. The highest BCUT2D eigenvalue weighted by atomic mass is 79.9. The molecule has 1 aromatic heterocycles. The third-order valence-electron chi connectivity index (χ3n) is 2.57. The van der Waals surface area contributed by atoms with Crippen LogP contribution in [0.4, 0.5) is 0 Å². The summed E-state index contributed by atoms with van der Waals surface area (Å²) in [6, 6.07) is 5.33. The molecule has 1 heterocycles. The van der Waals surface area contributed by atoms with Gasteiger partial charge in [-0.2, -0.15) is 5.21 Å². The summed E-state index contributed by atoms with van der Waals surface area (Å²) in [7, 11) is 0. The Labute approximate surface area is 124 Å². The number of nitrogens with zero attached hydrogens (tertiary/aromatic N) is 3. The van der Waals surface area contributed by atoms with Crippen LogP contribution < -0.4 is 10.1 Å². The van der Waals surface area contributed by atoms with Crippen LogP contribution >= 0.6 is 15.9 Å². The van der Waals surface area contributed by atoms with Gasteiger partial charge in [0.2, 0.25) is 0 Å². The first kappa shape index (κ1) is 14.4. The molecule has 2 N–H and O–H groups in total. The molecule has 2 rings (SSSR count). The molecule has 0 radical (unpaired) electrons. The van der Waals surface area contributed by atoms with Crippen molar-refractivity contribution in [2.45, 2.75) is 19.9 Å². The smallest absolute Gasteiger partial charge is 0.258 e. The summed E-state index contributed by atoms with van der Waals surface area (Å²) in [4.78, 5) is 11.8. The minimum Gasteiger partial charge on any atom is -0.483 e. The summed E-state index contributed by atoms with van der Waals surface area (Å²) in [5, 5.41) is 16.1. The molecule has 0 aliphatic rings. The highest BCUT2D eigenvalue weighted by Crippen LogP contribution is 2.25. The fraction of sp³-hybridized carbons (Fsp3) is 0.333. The Morgan fingerprint density at radius 1 is 1.55 bits per heavy atom. The molecule has 20 heavy (non-hydrogen) atoms. The number of amides is 1. The molecule has 7 nitrogen and oxygen atoms in total. The fourth-order valence-electron chi connectivity index (χ4n) is 1.57. The topological polar surface area (TPSA) is 92.8 Å². The molecule has 0 aliphatic carbocycles. The monoisotopic (exact) mass is 339 g/mol.